The fraction of sp³-hybridized carbons (Fsp3) is 0.438. The molecule has 0 saturated carbocycles. The molecule has 0 bridgehead atoms. The Morgan fingerprint density at radius 1 is 1.30 bits per heavy atom. The van der Waals surface area contributed by atoms with Crippen molar-refractivity contribution < 1.29 is 4.74 Å². The third-order valence-corrected chi connectivity index (χ3v) is 3.65. The molecular weight excluding hydrogens is 250 g/mol. The summed E-state index contributed by atoms with van der Waals surface area (Å²) >= 11 is 0. The van der Waals surface area contributed by atoms with Crippen LogP contribution in [-0.4, -0.2) is 16.9 Å². The van der Waals surface area contributed by atoms with Crippen LogP contribution in [0.4, 0.5) is 0 Å². The summed E-state index contributed by atoms with van der Waals surface area (Å²) in [5, 5.41) is 4.39. The summed E-state index contributed by atoms with van der Waals surface area (Å²) in [7, 11) is 1.66. The lowest BCUT2D eigenvalue weighted by Gasteiger charge is -2.20. The van der Waals surface area contributed by atoms with E-state index in [-0.39, 0.29) is 6.04 Å². The fourth-order valence-corrected chi connectivity index (χ4v) is 2.69. The molecule has 1 aromatic heterocycles. The van der Waals surface area contributed by atoms with Crippen LogP contribution in [0.3, 0.4) is 0 Å². The minimum absolute atomic E-state index is 0.222. The molecular formula is C16H23N3O. The van der Waals surface area contributed by atoms with Crippen molar-refractivity contribution in [3.8, 4) is 5.75 Å². The van der Waals surface area contributed by atoms with Crippen molar-refractivity contribution >= 4 is 0 Å². The molecule has 0 fully saturated rings. The highest BCUT2D eigenvalue weighted by Gasteiger charge is 2.22. The number of hydrogen-bond acceptors (Lipinski definition) is 3. The Hall–Kier alpha value is -1.81. The zero-order chi connectivity index (χ0) is 14.7. The van der Waals surface area contributed by atoms with E-state index in [1.807, 2.05) is 4.68 Å². The van der Waals surface area contributed by atoms with Crippen molar-refractivity contribution in [1.29, 1.82) is 0 Å². The van der Waals surface area contributed by atoms with Crippen molar-refractivity contribution in [2.45, 2.75) is 39.8 Å². The van der Waals surface area contributed by atoms with E-state index >= 15 is 0 Å². The van der Waals surface area contributed by atoms with Gasteiger partial charge in [-0.15, -0.1) is 0 Å². The average molecular weight is 273 g/mol. The predicted octanol–water partition coefficient (Wildman–Crippen LogP) is 2.97. The minimum Gasteiger partial charge on any atom is -0.493 e. The zero-order valence-corrected chi connectivity index (χ0v) is 12.7. The Kier molecular flexibility index (Phi) is 4.45. The molecule has 4 heteroatoms. The monoisotopic (exact) mass is 273 g/mol. The summed E-state index contributed by atoms with van der Waals surface area (Å²) in [6.07, 6.45) is 2.76. The van der Waals surface area contributed by atoms with E-state index in [2.05, 4.69) is 44.1 Å². The molecule has 0 radical (unpaired) electrons. The number of rotatable bonds is 5. The molecule has 0 aliphatic rings. The van der Waals surface area contributed by atoms with Crippen molar-refractivity contribution in [2.75, 3.05) is 7.11 Å². The number of nitrogens with zero attached hydrogens (tertiary/aromatic N) is 2. The maximum Gasteiger partial charge on any atom is 0.161 e. The maximum atomic E-state index is 6.53. The number of aromatic nitrogens is 2. The standard InChI is InChI=1S/C16H23N3O/c1-5-9-19-16(13(20-4)10-18-19)15(17)14-11(2)7-6-8-12(14)3/h6-8,10,15H,5,9,17H2,1-4H3. The number of ether oxygens (including phenoxy) is 1. The SMILES string of the molecule is CCCn1ncc(OC)c1C(N)c1c(C)cccc1C. The molecule has 2 rings (SSSR count). The summed E-state index contributed by atoms with van der Waals surface area (Å²) in [5.74, 6) is 0.758. The molecule has 2 aromatic rings. The first-order valence-electron chi connectivity index (χ1n) is 7.01. The van der Waals surface area contributed by atoms with Gasteiger partial charge >= 0.3 is 0 Å². The van der Waals surface area contributed by atoms with Crippen LogP contribution in [0.1, 0.15) is 41.8 Å². The van der Waals surface area contributed by atoms with Gasteiger partial charge in [0.1, 0.15) is 5.69 Å². The van der Waals surface area contributed by atoms with Crippen LogP contribution in [0.2, 0.25) is 0 Å². The Morgan fingerprint density at radius 3 is 2.50 bits per heavy atom. The second-order valence-electron chi connectivity index (χ2n) is 5.10. The Bertz CT molecular complexity index is 569. The van der Waals surface area contributed by atoms with E-state index in [0.29, 0.717) is 0 Å². The Morgan fingerprint density at radius 2 is 1.95 bits per heavy atom. The Labute approximate surface area is 120 Å². The van der Waals surface area contributed by atoms with E-state index in [4.69, 9.17) is 10.5 Å². The van der Waals surface area contributed by atoms with Gasteiger partial charge in [-0.2, -0.15) is 5.10 Å². The van der Waals surface area contributed by atoms with Gasteiger partial charge in [0.05, 0.1) is 19.3 Å². The molecule has 108 valence electrons. The minimum atomic E-state index is -0.222. The lowest BCUT2D eigenvalue weighted by molar-refractivity contribution is 0.403. The van der Waals surface area contributed by atoms with E-state index in [1.165, 1.54) is 11.1 Å². The first kappa shape index (κ1) is 14.6. The van der Waals surface area contributed by atoms with Crippen LogP contribution in [0, 0.1) is 13.8 Å². The van der Waals surface area contributed by atoms with E-state index in [1.54, 1.807) is 13.3 Å². The lowest BCUT2D eigenvalue weighted by atomic mass is 9.94. The lowest BCUT2D eigenvalue weighted by Crippen LogP contribution is -2.20. The van der Waals surface area contributed by atoms with Crippen LogP contribution in [0.25, 0.3) is 0 Å². The molecule has 0 aliphatic heterocycles. The normalized spacial score (nSPS) is 12.4. The molecule has 0 saturated heterocycles. The quantitative estimate of drug-likeness (QED) is 0.911. The molecule has 2 N–H and O–H groups in total. The second-order valence-corrected chi connectivity index (χ2v) is 5.10. The number of aryl methyl sites for hydroxylation is 3. The van der Waals surface area contributed by atoms with Crippen LogP contribution >= 0.6 is 0 Å². The van der Waals surface area contributed by atoms with Gasteiger partial charge in [0.15, 0.2) is 5.75 Å². The molecule has 0 spiro atoms. The highest BCUT2D eigenvalue weighted by atomic mass is 16.5. The molecule has 0 aliphatic carbocycles. The molecule has 4 nitrogen and oxygen atoms in total. The summed E-state index contributed by atoms with van der Waals surface area (Å²) in [6, 6.07) is 6.02. The van der Waals surface area contributed by atoms with E-state index in [0.717, 1.165) is 30.0 Å². The fourth-order valence-electron chi connectivity index (χ4n) is 2.69. The van der Waals surface area contributed by atoms with E-state index in [9.17, 15) is 0 Å². The van der Waals surface area contributed by atoms with Gasteiger partial charge in [-0.1, -0.05) is 25.1 Å². The summed E-state index contributed by atoms with van der Waals surface area (Å²) < 4.78 is 7.39. The number of benzene rings is 1. The van der Waals surface area contributed by atoms with Crippen molar-refractivity contribution in [3.05, 3.63) is 46.8 Å². The van der Waals surface area contributed by atoms with E-state index < -0.39 is 0 Å². The van der Waals surface area contributed by atoms with Crippen LogP contribution in [-0.2, 0) is 6.54 Å². The highest BCUT2D eigenvalue weighted by Crippen LogP contribution is 2.31. The van der Waals surface area contributed by atoms with Gasteiger partial charge in [0.2, 0.25) is 0 Å². The molecule has 1 aromatic carbocycles. The highest BCUT2D eigenvalue weighted by molar-refractivity contribution is 5.43. The predicted molar refractivity (Wildman–Crippen MR) is 81.0 cm³/mol. The maximum absolute atomic E-state index is 6.53. The van der Waals surface area contributed by atoms with Crippen molar-refractivity contribution in [3.63, 3.8) is 0 Å². The Balaban J connectivity index is 2.52. The molecule has 1 unspecified atom stereocenters. The van der Waals surface area contributed by atoms with Gasteiger partial charge in [0.25, 0.3) is 0 Å². The third kappa shape index (κ3) is 2.56. The smallest absolute Gasteiger partial charge is 0.161 e. The molecule has 1 atom stereocenters. The molecule has 1 heterocycles. The number of methoxy groups -OCH3 is 1. The zero-order valence-electron chi connectivity index (χ0n) is 12.7. The van der Waals surface area contributed by atoms with Crippen molar-refractivity contribution in [1.82, 2.24) is 9.78 Å². The van der Waals surface area contributed by atoms with Gasteiger partial charge in [-0.05, 0) is 37.0 Å². The first-order valence-corrected chi connectivity index (χ1v) is 7.01. The van der Waals surface area contributed by atoms with Crippen LogP contribution in [0.15, 0.2) is 24.4 Å². The van der Waals surface area contributed by atoms with Gasteiger partial charge in [0, 0.05) is 6.54 Å². The summed E-state index contributed by atoms with van der Waals surface area (Å²) in [4.78, 5) is 0. The molecule has 0 amide bonds. The largest absolute Gasteiger partial charge is 0.493 e. The summed E-state index contributed by atoms with van der Waals surface area (Å²) in [5.41, 5.74) is 11.0. The topological polar surface area (TPSA) is 53.1 Å². The first-order chi connectivity index (χ1) is 9.60. The second kappa shape index (κ2) is 6.09. The van der Waals surface area contributed by atoms with Crippen molar-refractivity contribution in [2.24, 2.45) is 5.73 Å². The number of nitrogens with two attached hydrogens (primary N) is 1. The summed E-state index contributed by atoms with van der Waals surface area (Å²) in [6.45, 7) is 7.16. The third-order valence-electron chi connectivity index (χ3n) is 3.65. The van der Waals surface area contributed by atoms with Gasteiger partial charge in [-0.3, -0.25) is 4.68 Å². The number of hydrogen-bond donors (Lipinski definition) is 1. The van der Waals surface area contributed by atoms with Crippen LogP contribution in [0.5, 0.6) is 5.75 Å². The van der Waals surface area contributed by atoms with Crippen LogP contribution < -0.4 is 10.5 Å². The average Bonchev–Trinajstić information content (AvgIpc) is 2.81. The van der Waals surface area contributed by atoms with Gasteiger partial charge < -0.3 is 10.5 Å². The van der Waals surface area contributed by atoms with Gasteiger partial charge in [-0.25, -0.2) is 0 Å². The molecule has 20 heavy (non-hydrogen) atoms.